The zero-order valence-corrected chi connectivity index (χ0v) is 10.7. The molecule has 1 heterocycles. The quantitative estimate of drug-likeness (QED) is 0.884. The average Bonchev–Trinajstić information content (AvgIpc) is 2.85. The molecule has 0 aliphatic carbocycles. The van der Waals surface area contributed by atoms with Crippen molar-refractivity contribution < 1.29 is 9.18 Å². The van der Waals surface area contributed by atoms with E-state index in [0.717, 1.165) is 37.1 Å². The van der Waals surface area contributed by atoms with Gasteiger partial charge < -0.3 is 10.2 Å². The Kier molecular flexibility index (Phi) is 4.31. The maximum atomic E-state index is 12.9. The van der Waals surface area contributed by atoms with Crippen molar-refractivity contribution >= 4 is 5.91 Å². The molecule has 0 saturated carbocycles. The van der Waals surface area contributed by atoms with Gasteiger partial charge in [-0.05, 0) is 43.0 Å². The number of hydrogen-bond donors (Lipinski definition) is 1. The molecule has 98 valence electrons. The van der Waals surface area contributed by atoms with Crippen LogP contribution in [0.15, 0.2) is 18.2 Å². The monoisotopic (exact) mass is 250 g/mol. The minimum atomic E-state index is -0.218. The van der Waals surface area contributed by atoms with Gasteiger partial charge in [-0.1, -0.05) is 6.07 Å². The van der Waals surface area contributed by atoms with Gasteiger partial charge in [0, 0.05) is 19.6 Å². The molecule has 1 aromatic carbocycles. The van der Waals surface area contributed by atoms with Crippen molar-refractivity contribution in [3.05, 3.63) is 35.1 Å². The molecule has 0 spiro atoms. The number of amides is 1. The molecular weight excluding hydrogens is 231 g/mol. The van der Waals surface area contributed by atoms with Gasteiger partial charge in [0.05, 0.1) is 6.54 Å². The topological polar surface area (TPSA) is 32.3 Å². The summed E-state index contributed by atoms with van der Waals surface area (Å²) in [5.74, 6) is -0.0587. The number of aryl methyl sites for hydroxylation is 1. The predicted molar refractivity (Wildman–Crippen MR) is 68.7 cm³/mol. The molecule has 3 nitrogen and oxygen atoms in total. The molecule has 1 aliphatic rings. The summed E-state index contributed by atoms with van der Waals surface area (Å²) in [6, 6.07) is 4.73. The van der Waals surface area contributed by atoms with E-state index >= 15 is 0 Å². The van der Waals surface area contributed by atoms with Crippen LogP contribution in [0.3, 0.4) is 0 Å². The van der Waals surface area contributed by atoms with Crippen LogP contribution in [0.5, 0.6) is 0 Å². The SMILES string of the molecule is Cc1cc(F)ccc1CNCC(=O)N1CCCC1. The first-order chi connectivity index (χ1) is 8.66. The molecule has 1 amide bonds. The molecule has 1 fully saturated rings. The Morgan fingerprint density at radius 1 is 1.39 bits per heavy atom. The second-order valence-electron chi connectivity index (χ2n) is 4.76. The van der Waals surface area contributed by atoms with Gasteiger partial charge >= 0.3 is 0 Å². The van der Waals surface area contributed by atoms with Crippen molar-refractivity contribution in [2.24, 2.45) is 0 Å². The van der Waals surface area contributed by atoms with E-state index in [-0.39, 0.29) is 11.7 Å². The molecule has 2 rings (SSSR count). The van der Waals surface area contributed by atoms with Crippen LogP contribution < -0.4 is 5.32 Å². The van der Waals surface area contributed by atoms with E-state index in [4.69, 9.17) is 0 Å². The van der Waals surface area contributed by atoms with E-state index in [0.29, 0.717) is 13.1 Å². The molecule has 1 aromatic rings. The second kappa shape index (κ2) is 5.96. The zero-order valence-electron chi connectivity index (χ0n) is 10.7. The fourth-order valence-corrected chi connectivity index (χ4v) is 2.24. The molecule has 1 N–H and O–H groups in total. The lowest BCUT2D eigenvalue weighted by Crippen LogP contribution is -2.36. The van der Waals surface area contributed by atoms with Crippen LogP contribution in [0.25, 0.3) is 0 Å². The highest BCUT2D eigenvalue weighted by Crippen LogP contribution is 2.10. The van der Waals surface area contributed by atoms with Crippen molar-refractivity contribution in [2.75, 3.05) is 19.6 Å². The number of hydrogen-bond acceptors (Lipinski definition) is 2. The Balaban J connectivity index is 1.79. The van der Waals surface area contributed by atoms with Gasteiger partial charge in [-0.2, -0.15) is 0 Å². The van der Waals surface area contributed by atoms with Gasteiger partial charge in [0.25, 0.3) is 0 Å². The second-order valence-corrected chi connectivity index (χ2v) is 4.76. The summed E-state index contributed by atoms with van der Waals surface area (Å²) in [5.41, 5.74) is 1.95. The van der Waals surface area contributed by atoms with Crippen LogP contribution in [0.1, 0.15) is 24.0 Å². The number of benzene rings is 1. The number of likely N-dealkylation sites (tertiary alicyclic amines) is 1. The Hall–Kier alpha value is -1.42. The van der Waals surface area contributed by atoms with Gasteiger partial charge in [0.2, 0.25) is 5.91 Å². The minimum Gasteiger partial charge on any atom is -0.342 e. The molecule has 4 heteroatoms. The Labute approximate surface area is 107 Å². The van der Waals surface area contributed by atoms with E-state index in [2.05, 4.69) is 5.32 Å². The van der Waals surface area contributed by atoms with Crippen molar-refractivity contribution in [2.45, 2.75) is 26.3 Å². The van der Waals surface area contributed by atoms with Crippen molar-refractivity contribution in [1.82, 2.24) is 10.2 Å². The summed E-state index contributed by atoms with van der Waals surface area (Å²) >= 11 is 0. The zero-order chi connectivity index (χ0) is 13.0. The summed E-state index contributed by atoms with van der Waals surface area (Å²) in [5, 5.41) is 3.12. The average molecular weight is 250 g/mol. The van der Waals surface area contributed by atoms with Crippen LogP contribution in [-0.2, 0) is 11.3 Å². The van der Waals surface area contributed by atoms with Gasteiger partial charge in [-0.15, -0.1) is 0 Å². The fraction of sp³-hybridized carbons (Fsp3) is 0.500. The third-order valence-electron chi connectivity index (χ3n) is 3.36. The largest absolute Gasteiger partial charge is 0.342 e. The van der Waals surface area contributed by atoms with E-state index in [1.54, 1.807) is 6.07 Å². The molecule has 0 aromatic heterocycles. The van der Waals surface area contributed by atoms with Crippen molar-refractivity contribution in [3.63, 3.8) is 0 Å². The number of halogens is 1. The van der Waals surface area contributed by atoms with Crippen molar-refractivity contribution in [3.8, 4) is 0 Å². The first-order valence-electron chi connectivity index (χ1n) is 6.40. The summed E-state index contributed by atoms with van der Waals surface area (Å²) in [7, 11) is 0. The highest BCUT2D eigenvalue weighted by molar-refractivity contribution is 5.78. The smallest absolute Gasteiger partial charge is 0.236 e. The number of nitrogens with zero attached hydrogens (tertiary/aromatic N) is 1. The molecular formula is C14H19FN2O. The van der Waals surface area contributed by atoms with E-state index < -0.39 is 0 Å². The number of carbonyl (C=O) groups excluding carboxylic acids is 1. The van der Waals surface area contributed by atoms with Crippen LogP contribution in [-0.4, -0.2) is 30.4 Å². The predicted octanol–water partition coefficient (Wildman–Crippen LogP) is 1.85. The molecule has 1 saturated heterocycles. The molecule has 0 unspecified atom stereocenters. The Morgan fingerprint density at radius 3 is 2.78 bits per heavy atom. The Morgan fingerprint density at radius 2 is 2.11 bits per heavy atom. The third kappa shape index (κ3) is 3.29. The first kappa shape index (κ1) is 13.0. The maximum Gasteiger partial charge on any atom is 0.236 e. The lowest BCUT2D eigenvalue weighted by molar-refractivity contribution is -0.129. The summed E-state index contributed by atoms with van der Waals surface area (Å²) in [6.07, 6.45) is 2.23. The van der Waals surface area contributed by atoms with Gasteiger partial charge in [-0.3, -0.25) is 4.79 Å². The van der Waals surface area contributed by atoms with Gasteiger partial charge in [0.1, 0.15) is 5.82 Å². The number of nitrogens with one attached hydrogen (secondary N) is 1. The molecule has 0 radical (unpaired) electrons. The number of rotatable bonds is 4. The van der Waals surface area contributed by atoms with Gasteiger partial charge in [-0.25, -0.2) is 4.39 Å². The normalized spacial score (nSPS) is 15.1. The van der Waals surface area contributed by atoms with Crippen LogP contribution in [0.4, 0.5) is 4.39 Å². The van der Waals surface area contributed by atoms with E-state index in [1.165, 1.54) is 12.1 Å². The van der Waals surface area contributed by atoms with Crippen LogP contribution in [0.2, 0.25) is 0 Å². The fourth-order valence-electron chi connectivity index (χ4n) is 2.24. The molecule has 0 atom stereocenters. The minimum absolute atomic E-state index is 0.160. The Bertz CT molecular complexity index is 428. The van der Waals surface area contributed by atoms with E-state index in [1.807, 2.05) is 11.8 Å². The standard InChI is InChI=1S/C14H19FN2O/c1-11-8-13(15)5-4-12(11)9-16-10-14(18)17-6-2-3-7-17/h4-5,8,16H,2-3,6-7,9-10H2,1H3. The lowest BCUT2D eigenvalue weighted by Gasteiger charge is -2.15. The summed E-state index contributed by atoms with van der Waals surface area (Å²) < 4.78 is 12.9. The summed E-state index contributed by atoms with van der Waals surface area (Å²) in [6.45, 7) is 4.61. The van der Waals surface area contributed by atoms with Gasteiger partial charge in [0.15, 0.2) is 0 Å². The molecule has 1 aliphatic heterocycles. The third-order valence-corrected chi connectivity index (χ3v) is 3.36. The maximum absolute atomic E-state index is 12.9. The highest BCUT2D eigenvalue weighted by atomic mass is 19.1. The number of carbonyl (C=O) groups is 1. The highest BCUT2D eigenvalue weighted by Gasteiger charge is 2.16. The van der Waals surface area contributed by atoms with Crippen LogP contribution >= 0.6 is 0 Å². The summed E-state index contributed by atoms with van der Waals surface area (Å²) in [4.78, 5) is 13.7. The first-order valence-corrected chi connectivity index (χ1v) is 6.40. The van der Waals surface area contributed by atoms with E-state index in [9.17, 15) is 9.18 Å². The molecule has 18 heavy (non-hydrogen) atoms. The van der Waals surface area contributed by atoms with Crippen LogP contribution in [0, 0.1) is 12.7 Å². The molecule has 0 bridgehead atoms. The lowest BCUT2D eigenvalue weighted by atomic mass is 10.1. The van der Waals surface area contributed by atoms with Crippen molar-refractivity contribution in [1.29, 1.82) is 0 Å².